The van der Waals surface area contributed by atoms with E-state index >= 15 is 0 Å². The molecule has 0 aliphatic carbocycles. The predicted octanol–water partition coefficient (Wildman–Crippen LogP) is 3.66. The van der Waals surface area contributed by atoms with Crippen LogP contribution in [0.25, 0.3) is 0 Å². The van der Waals surface area contributed by atoms with Gasteiger partial charge in [0, 0.05) is 10.0 Å². The monoisotopic (exact) mass is 273 g/mol. The van der Waals surface area contributed by atoms with Crippen LogP contribution in [0.1, 0.15) is 12.5 Å². The maximum Gasteiger partial charge on any atom is 0.423 e. The van der Waals surface area contributed by atoms with Crippen molar-refractivity contribution in [1.82, 2.24) is 0 Å². The SMILES string of the molecule is CC(ON)(c1cc(Cl)cc(Cl)c1)C(F)(F)F. The number of halogens is 5. The van der Waals surface area contributed by atoms with Crippen molar-refractivity contribution in [2.45, 2.75) is 18.7 Å². The minimum atomic E-state index is -4.67. The minimum absolute atomic E-state index is 0.0787. The molecule has 0 radical (unpaired) electrons. The Balaban J connectivity index is 3.34. The van der Waals surface area contributed by atoms with Crippen LogP contribution in [0.3, 0.4) is 0 Å². The summed E-state index contributed by atoms with van der Waals surface area (Å²) in [5.41, 5.74) is -2.89. The van der Waals surface area contributed by atoms with Crippen LogP contribution in [0.5, 0.6) is 0 Å². The molecule has 0 aromatic heterocycles. The highest BCUT2D eigenvalue weighted by Gasteiger charge is 2.54. The number of hydrogen-bond donors (Lipinski definition) is 1. The fourth-order valence-corrected chi connectivity index (χ4v) is 1.65. The quantitative estimate of drug-likeness (QED) is 0.835. The average molecular weight is 274 g/mol. The van der Waals surface area contributed by atoms with Gasteiger partial charge in [-0.05, 0) is 30.7 Å². The molecule has 0 saturated carbocycles. The van der Waals surface area contributed by atoms with E-state index in [1.54, 1.807) is 0 Å². The van der Waals surface area contributed by atoms with E-state index in [1.165, 1.54) is 6.07 Å². The van der Waals surface area contributed by atoms with Gasteiger partial charge in [-0.25, -0.2) is 5.90 Å². The van der Waals surface area contributed by atoms with E-state index in [-0.39, 0.29) is 15.6 Å². The van der Waals surface area contributed by atoms with Crippen molar-refractivity contribution in [1.29, 1.82) is 0 Å². The van der Waals surface area contributed by atoms with Gasteiger partial charge in [0.25, 0.3) is 0 Å². The zero-order chi connectivity index (χ0) is 12.6. The molecular formula is C9H8Cl2F3NO. The van der Waals surface area contributed by atoms with Crippen molar-refractivity contribution < 1.29 is 18.0 Å². The third kappa shape index (κ3) is 2.43. The Morgan fingerprint density at radius 3 is 1.88 bits per heavy atom. The Kier molecular flexibility index (Phi) is 3.74. The molecule has 0 saturated heterocycles. The van der Waals surface area contributed by atoms with E-state index in [1.807, 2.05) is 0 Å². The summed E-state index contributed by atoms with van der Waals surface area (Å²) in [5, 5.41) is 0.157. The van der Waals surface area contributed by atoms with Crippen LogP contribution in [-0.2, 0) is 10.4 Å². The van der Waals surface area contributed by atoms with Gasteiger partial charge in [0.15, 0.2) is 0 Å². The van der Waals surface area contributed by atoms with E-state index in [2.05, 4.69) is 4.84 Å². The lowest BCUT2D eigenvalue weighted by Gasteiger charge is -2.30. The molecule has 1 unspecified atom stereocenters. The third-order valence-corrected chi connectivity index (χ3v) is 2.63. The zero-order valence-corrected chi connectivity index (χ0v) is 9.62. The first-order valence-electron chi connectivity index (χ1n) is 4.12. The molecular weight excluding hydrogens is 266 g/mol. The average Bonchev–Trinajstić information content (AvgIpc) is 2.13. The highest BCUT2D eigenvalue weighted by atomic mass is 35.5. The molecule has 1 rings (SSSR count). The van der Waals surface area contributed by atoms with Gasteiger partial charge < -0.3 is 0 Å². The maximum atomic E-state index is 12.8. The summed E-state index contributed by atoms with van der Waals surface area (Å²) in [6.07, 6.45) is -4.67. The fourth-order valence-electron chi connectivity index (χ4n) is 1.13. The normalized spacial score (nSPS) is 15.9. The van der Waals surface area contributed by atoms with Crippen LogP contribution in [0, 0.1) is 0 Å². The molecule has 0 bridgehead atoms. The molecule has 2 nitrogen and oxygen atoms in total. The first kappa shape index (κ1) is 13.6. The molecule has 0 aliphatic heterocycles. The number of benzene rings is 1. The molecule has 1 atom stereocenters. The predicted molar refractivity (Wildman–Crippen MR) is 55.1 cm³/mol. The first-order valence-corrected chi connectivity index (χ1v) is 4.87. The Hall–Kier alpha value is -0.490. The van der Waals surface area contributed by atoms with E-state index < -0.39 is 11.8 Å². The summed E-state index contributed by atoms with van der Waals surface area (Å²) in [4.78, 5) is 4.06. The number of hydrogen-bond acceptors (Lipinski definition) is 2. The van der Waals surface area contributed by atoms with Gasteiger partial charge >= 0.3 is 6.18 Å². The van der Waals surface area contributed by atoms with Crippen molar-refractivity contribution in [3.8, 4) is 0 Å². The Labute approximate surface area is 100 Å². The molecule has 16 heavy (non-hydrogen) atoms. The summed E-state index contributed by atoms with van der Waals surface area (Å²) < 4.78 is 38.3. The molecule has 1 aromatic carbocycles. The van der Waals surface area contributed by atoms with Crippen molar-refractivity contribution in [3.63, 3.8) is 0 Å². The largest absolute Gasteiger partial charge is 0.423 e. The second-order valence-corrected chi connectivity index (χ2v) is 4.18. The van der Waals surface area contributed by atoms with Crippen molar-refractivity contribution in [3.05, 3.63) is 33.8 Å². The summed E-state index contributed by atoms with van der Waals surface area (Å²) in [6.45, 7) is 0.801. The molecule has 7 heteroatoms. The Morgan fingerprint density at radius 1 is 1.12 bits per heavy atom. The Bertz CT molecular complexity index is 377. The summed E-state index contributed by atoms with van der Waals surface area (Å²) in [6, 6.07) is 3.53. The van der Waals surface area contributed by atoms with Crippen LogP contribution in [-0.4, -0.2) is 6.18 Å². The molecule has 0 aliphatic rings. The van der Waals surface area contributed by atoms with Crippen molar-refractivity contribution >= 4 is 23.2 Å². The molecule has 0 heterocycles. The minimum Gasteiger partial charge on any atom is -0.284 e. The molecule has 2 N–H and O–H groups in total. The van der Waals surface area contributed by atoms with E-state index in [9.17, 15) is 13.2 Å². The molecule has 0 spiro atoms. The van der Waals surface area contributed by atoms with Crippen LogP contribution < -0.4 is 5.90 Å². The lowest BCUT2D eigenvalue weighted by Crippen LogP contribution is -2.44. The van der Waals surface area contributed by atoms with Crippen LogP contribution in [0.15, 0.2) is 18.2 Å². The topological polar surface area (TPSA) is 35.2 Å². The zero-order valence-electron chi connectivity index (χ0n) is 8.11. The van der Waals surface area contributed by atoms with Gasteiger partial charge in [-0.1, -0.05) is 23.2 Å². The highest BCUT2D eigenvalue weighted by Crippen LogP contribution is 2.42. The fraction of sp³-hybridized carbons (Fsp3) is 0.333. The molecule has 1 aromatic rings. The van der Waals surface area contributed by atoms with Crippen LogP contribution in [0.2, 0.25) is 10.0 Å². The maximum absolute atomic E-state index is 12.8. The summed E-state index contributed by atoms with van der Waals surface area (Å²) in [5.74, 6) is 4.72. The van der Waals surface area contributed by atoms with E-state index in [4.69, 9.17) is 29.1 Å². The number of nitrogens with two attached hydrogens (primary N) is 1. The second kappa shape index (κ2) is 4.41. The standard InChI is InChI=1S/C9H8Cl2F3NO/c1-8(16-15,9(12,13)14)5-2-6(10)4-7(11)3-5/h2-4H,15H2,1H3. The van der Waals surface area contributed by atoms with Gasteiger partial charge in [-0.15, -0.1) is 0 Å². The molecule has 0 fully saturated rings. The van der Waals surface area contributed by atoms with Gasteiger partial charge in [0.2, 0.25) is 5.60 Å². The first-order chi connectivity index (χ1) is 7.20. The van der Waals surface area contributed by atoms with Gasteiger partial charge in [-0.2, -0.15) is 13.2 Å². The highest BCUT2D eigenvalue weighted by molar-refractivity contribution is 6.34. The van der Waals surface area contributed by atoms with Gasteiger partial charge in [-0.3, -0.25) is 4.84 Å². The van der Waals surface area contributed by atoms with Crippen molar-refractivity contribution in [2.75, 3.05) is 0 Å². The smallest absolute Gasteiger partial charge is 0.284 e. The van der Waals surface area contributed by atoms with Crippen LogP contribution >= 0.6 is 23.2 Å². The molecule has 0 amide bonds. The number of alkyl halides is 3. The lowest BCUT2D eigenvalue weighted by molar-refractivity contribution is -0.279. The van der Waals surface area contributed by atoms with Crippen molar-refractivity contribution in [2.24, 2.45) is 5.90 Å². The Morgan fingerprint density at radius 2 is 1.56 bits per heavy atom. The van der Waals surface area contributed by atoms with Gasteiger partial charge in [0.05, 0.1) is 0 Å². The lowest BCUT2D eigenvalue weighted by atomic mass is 9.95. The second-order valence-electron chi connectivity index (χ2n) is 3.31. The van der Waals surface area contributed by atoms with E-state index in [0.29, 0.717) is 0 Å². The molecule has 90 valence electrons. The van der Waals surface area contributed by atoms with Crippen LogP contribution in [0.4, 0.5) is 13.2 Å². The van der Waals surface area contributed by atoms with Gasteiger partial charge in [0.1, 0.15) is 0 Å². The van der Waals surface area contributed by atoms with E-state index in [0.717, 1.165) is 19.1 Å². The summed E-state index contributed by atoms with van der Waals surface area (Å²) >= 11 is 11.2. The summed E-state index contributed by atoms with van der Waals surface area (Å²) in [7, 11) is 0. The number of rotatable bonds is 2. The third-order valence-electron chi connectivity index (χ3n) is 2.19.